The van der Waals surface area contributed by atoms with E-state index in [1.807, 2.05) is 24.3 Å². The largest absolute Gasteiger partial charge is 0.378 e. The van der Waals surface area contributed by atoms with E-state index in [0.717, 1.165) is 30.7 Å². The summed E-state index contributed by atoms with van der Waals surface area (Å²) in [4.78, 5) is 10.7. The molecule has 2 aromatic rings. The number of rotatable bonds is 2. The molecular weight excluding hydrogens is 292 g/mol. The summed E-state index contributed by atoms with van der Waals surface area (Å²) in [6.07, 6.45) is 2.14. The van der Waals surface area contributed by atoms with E-state index in [1.165, 1.54) is 11.6 Å². The van der Waals surface area contributed by atoms with Gasteiger partial charge in [0.15, 0.2) is 0 Å². The summed E-state index contributed by atoms with van der Waals surface area (Å²) >= 11 is 0. The molecule has 0 aromatic heterocycles. The van der Waals surface area contributed by atoms with Crippen LogP contribution in [-0.4, -0.2) is 11.5 Å². The van der Waals surface area contributed by atoms with Gasteiger partial charge in [-0.2, -0.15) is 0 Å². The summed E-state index contributed by atoms with van der Waals surface area (Å²) in [6.45, 7) is 0.775. The van der Waals surface area contributed by atoms with Crippen molar-refractivity contribution in [2.24, 2.45) is 5.92 Å². The number of non-ortho nitro benzene ring substituents is 1. The highest BCUT2D eigenvalue weighted by Crippen LogP contribution is 2.49. The Bertz CT molecular complexity index is 747. The number of nitro groups is 1. The lowest BCUT2D eigenvalue weighted by Gasteiger charge is -2.43. The second-order valence-corrected chi connectivity index (χ2v) is 6.16. The number of anilines is 1. The number of hydrogen-bond acceptors (Lipinski definition) is 4. The van der Waals surface area contributed by atoms with Gasteiger partial charge in [-0.3, -0.25) is 10.1 Å². The first-order valence-electron chi connectivity index (χ1n) is 7.95. The minimum absolute atomic E-state index is 0.0371. The van der Waals surface area contributed by atoms with Gasteiger partial charge in [0.2, 0.25) is 0 Å². The third kappa shape index (κ3) is 2.47. The lowest BCUT2D eigenvalue weighted by atomic mass is 9.77. The molecule has 0 aliphatic carbocycles. The molecule has 5 heteroatoms. The summed E-state index contributed by atoms with van der Waals surface area (Å²) in [7, 11) is 0. The van der Waals surface area contributed by atoms with Crippen molar-refractivity contribution in [1.29, 1.82) is 0 Å². The summed E-state index contributed by atoms with van der Waals surface area (Å²) in [5.41, 5.74) is 3.34. The van der Waals surface area contributed by atoms with Crippen LogP contribution in [0.4, 0.5) is 11.4 Å². The van der Waals surface area contributed by atoms with Crippen molar-refractivity contribution < 1.29 is 9.66 Å². The molecule has 1 saturated heterocycles. The molecule has 23 heavy (non-hydrogen) atoms. The van der Waals surface area contributed by atoms with Crippen LogP contribution in [0.15, 0.2) is 48.5 Å². The van der Waals surface area contributed by atoms with Gasteiger partial charge in [0.05, 0.1) is 17.1 Å². The zero-order valence-electron chi connectivity index (χ0n) is 12.6. The van der Waals surface area contributed by atoms with Crippen molar-refractivity contribution in [3.8, 4) is 0 Å². The highest BCUT2D eigenvalue weighted by atomic mass is 16.6. The van der Waals surface area contributed by atoms with Crippen LogP contribution in [0.1, 0.15) is 36.1 Å². The van der Waals surface area contributed by atoms with E-state index in [9.17, 15) is 10.1 Å². The van der Waals surface area contributed by atoms with Gasteiger partial charge in [0, 0.05) is 35.9 Å². The number of nitrogens with one attached hydrogen (secondary N) is 1. The number of ether oxygens (including phenoxy) is 1. The zero-order chi connectivity index (χ0) is 15.8. The molecule has 0 saturated carbocycles. The molecule has 2 aliphatic rings. The van der Waals surface area contributed by atoms with Gasteiger partial charge < -0.3 is 10.1 Å². The maximum atomic E-state index is 11.1. The Balaban J connectivity index is 1.76. The first-order chi connectivity index (χ1) is 11.2. The second-order valence-electron chi connectivity index (χ2n) is 6.16. The summed E-state index contributed by atoms with van der Waals surface area (Å²) in [5, 5.41) is 14.7. The van der Waals surface area contributed by atoms with Gasteiger partial charge >= 0.3 is 0 Å². The topological polar surface area (TPSA) is 64.4 Å². The van der Waals surface area contributed by atoms with Gasteiger partial charge in [-0.05, 0) is 24.5 Å². The molecule has 0 spiro atoms. The third-order valence-electron chi connectivity index (χ3n) is 4.81. The van der Waals surface area contributed by atoms with Crippen molar-refractivity contribution in [2.45, 2.75) is 25.0 Å². The molecule has 3 atom stereocenters. The minimum Gasteiger partial charge on any atom is -0.378 e. The van der Waals surface area contributed by atoms with Crippen LogP contribution in [0.3, 0.4) is 0 Å². The number of nitrogens with zero attached hydrogens (tertiary/aromatic N) is 1. The molecule has 118 valence electrons. The first kappa shape index (κ1) is 14.2. The molecule has 1 fully saturated rings. The van der Waals surface area contributed by atoms with Gasteiger partial charge in [-0.15, -0.1) is 0 Å². The van der Waals surface area contributed by atoms with Crippen LogP contribution >= 0.6 is 0 Å². The Morgan fingerprint density at radius 1 is 1.17 bits per heavy atom. The van der Waals surface area contributed by atoms with E-state index < -0.39 is 0 Å². The van der Waals surface area contributed by atoms with Crippen molar-refractivity contribution >= 4 is 11.4 Å². The Kier molecular flexibility index (Phi) is 3.50. The lowest BCUT2D eigenvalue weighted by molar-refractivity contribution is -0.384. The van der Waals surface area contributed by atoms with E-state index in [1.54, 1.807) is 12.1 Å². The summed E-state index contributed by atoms with van der Waals surface area (Å²) in [6, 6.07) is 15.2. The van der Waals surface area contributed by atoms with Gasteiger partial charge in [0.1, 0.15) is 0 Å². The van der Waals surface area contributed by atoms with Gasteiger partial charge in [0.25, 0.3) is 5.69 Å². The van der Waals surface area contributed by atoms with Crippen LogP contribution in [0, 0.1) is 16.0 Å². The van der Waals surface area contributed by atoms with Crippen molar-refractivity contribution in [1.82, 2.24) is 0 Å². The van der Waals surface area contributed by atoms with Crippen LogP contribution in [-0.2, 0) is 4.74 Å². The standard InChI is InChI=1S/C18H18N2O3/c21-20(22)13-6-3-5-12(11-13)17-15-8-4-10-23-18(15)14-7-1-2-9-16(14)19-17/h1-3,5-7,9,11,15,17-19H,4,8,10H2/t15-,17+,18+/m1/s1. The average molecular weight is 310 g/mol. The normalized spacial score (nSPS) is 25.8. The maximum absolute atomic E-state index is 11.1. The third-order valence-corrected chi connectivity index (χ3v) is 4.81. The predicted molar refractivity (Wildman–Crippen MR) is 87.3 cm³/mol. The van der Waals surface area contributed by atoms with Crippen LogP contribution < -0.4 is 5.32 Å². The fraction of sp³-hybridized carbons (Fsp3) is 0.333. The van der Waals surface area contributed by atoms with Gasteiger partial charge in [-0.1, -0.05) is 30.3 Å². The molecule has 5 nitrogen and oxygen atoms in total. The SMILES string of the molecule is O=[N+]([O-])c1cccc([C@@H]2Nc3ccccc3[C@@H]3OCCC[C@H]23)c1. The number of benzene rings is 2. The van der Waals surface area contributed by atoms with E-state index in [0.29, 0.717) is 5.92 Å². The predicted octanol–water partition coefficient (Wildman–Crippen LogP) is 4.23. The Morgan fingerprint density at radius 2 is 2.04 bits per heavy atom. The summed E-state index contributed by atoms with van der Waals surface area (Å²) < 4.78 is 6.06. The number of hydrogen-bond donors (Lipinski definition) is 1. The van der Waals surface area contributed by atoms with Crippen molar-refractivity contribution in [3.05, 3.63) is 69.8 Å². The quantitative estimate of drug-likeness (QED) is 0.666. The highest BCUT2D eigenvalue weighted by molar-refractivity contribution is 5.57. The lowest BCUT2D eigenvalue weighted by Crippen LogP contribution is -2.35. The fourth-order valence-corrected chi connectivity index (χ4v) is 3.78. The van der Waals surface area contributed by atoms with Crippen LogP contribution in [0.25, 0.3) is 0 Å². The Hall–Kier alpha value is -2.40. The fourth-order valence-electron chi connectivity index (χ4n) is 3.78. The Labute approximate surface area is 134 Å². The van der Waals surface area contributed by atoms with E-state index >= 15 is 0 Å². The monoisotopic (exact) mass is 310 g/mol. The second kappa shape index (κ2) is 5.66. The molecule has 0 unspecified atom stereocenters. The molecule has 0 bridgehead atoms. The molecule has 2 heterocycles. The summed E-state index contributed by atoms with van der Waals surface area (Å²) in [5.74, 6) is 0.292. The molecule has 1 N–H and O–H groups in total. The maximum Gasteiger partial charge on any atom is 0.269 e. The molecular formula is C18H18N2O3. The smallest absolute Gasteiger partial charge is 0.269 e. The molecule has 0 radical (unpaired) electrons. The van der Waals surface area contributed by atoms with Crippen LogP contribution in [0.2, 0.25) is 0 Å². The van der Waals surface area contributed by atoms with Crippen LogP contribution in [0.5, 0.6) is 0 Å². The van der Waals surface area contributed by atoms with Crippen molar-refractivity contribution in [3.63, 3.8) is 0 Å². The average Bonchev–Trinajstić information content (AvgIpc) is 2.61. The van der Waals surface area contributed by atoms with E-state index in [4.69, 9.17) is 4.74 Å². The zero-order valence-corrected chi connectivity index (χ0v) is 12.6. The van der Waals surface area contributed by atoms with E-state index in [2.05, 4.69) is 11.4 Å². The molecule has 2 aliphatic heterocycles. The number of nitro benzene ring substituents is 1. The molecule has 4 rings (SSSR count). The van der Waals surface area contributed by atoms with E-state index in [-0.39, 0.29) is 22.8 Å². The first-order valence-corrected chi connectivity index (χ1v) is 7.95. The Morgan fingerprint density at radius 3 is 2.91 bits per heavy atom. The highest BCUT2D eigenvalue weighted by Gasteiger charge is 2.39. The van der Waals surface area contributed by atoms with Gasteiger partial charge in [-0.25, -0.2) is 0 Å². The number of fused-ring (bicyclic) bond motifs is 3. The molecule has 0 amide bonds. The number of para-hydroxylation sites is 1. The molecule has 2 aromatic carbocycles. The minimum atomic E-state index is -0.338. The van der Waals surface area contributed by atoms with Crippen molar-refractivity contribution in [2.75, 3.05) is 11.9 Å².